The van der Waals surface area contributed by atoms with Crippen molar-refractivity contribution in [3.05, 3.63) is 28.2 Å². The van der Waals surface area contributed by atoms with E-state index < -0.39 is 9.84 Å². The predicted octanol–water partition coefficient (Wildman–Crippen LogP) is 1.54. The van der Waals surface area contributed by atoms with Crippen molar-refractivity contribution in [1.82, 2.24) is 0 Å². The Balaban J connectivity index is 2.81. The second kappa shape index (κ2) is 5.79. The van der Waals surface area contributed by atoms with E-state index in [1.807, 2.05) is 6.07 Å². The Morgan fingerprint density at radius 3 is 2.71 bits per heavy atom. The molecular weight excluding hydrogens is 324 g/mol. The van der Waals surface area contributed by atoms with Crippen LogP contribution in [0.2, 0.25) is 0 Å². The molecular formula is C10H13BrN2O2S2. The SMILES string of the molecule is CS(=O)(=O)CCNc1ccc(Br)cc1C(N)=S. The van der Waals surface area contributed by atoms with Crippen LogP contribution in [0.3, 0.4) is 0 Å². The van der Waals surface area contributed by atoms with Gasteiger partial charge in [0.25, 0.3) is 0 Å². The van der Waals surface area contributed by atoms with Crippen molar-refractivity contribution in [3.63, 3.8) is 0 Å². The summed E-state index contributed by atoms with van der Waals surface area (Å²) in [4.78, 5) is 0.271. The lowest BCUT2D eigenvalue weighted by atomic mass is 10.2. The van der Waals surface area contributed by atoms with E-state index in [1.165, 1.54) is 6.26 Å². The Morgan fingerprint density at radius 1 is 1.53 bits per heavy atom. The molecule has 3 N–H and O–H groups in total. The van der Waals surface area contributed by atoms with Gasteiger partial charge in [0.2, 0.25) is 0 Å². The topological polar surface area (TPSA) is 72.2 Å². The standard InChI is InChI=1S/C10H13BrN2O2S2/c1-17(14,15)5-4-13-9-3-2-7(11)6-8(9)10(12)16/h2-3,6,13H,4-5H2,1H3,(H2,12,16). The predicted molar refractivity (Wildman–Crippen MR) is 78.2 cm³/mol. The molecule has 1 rings (SSSR count). The molecule has 0 unspecified atom stereocenters. The van der Waals surface area contributed by atoms with Crippen LogP contribution in [0.15, 0.2) is 22.7 Å². The van der Waals surface area contributed by atoms with Crippen molar-refractivity contribution >= 4 is 48.7 Å². The first kappa shape index (κ1) is 14.4. The second-order valence-corrected chi connectivity index (χ2v) is 7.23. The molecule has 94 valence electrons. The van der Waals surface area contributed by atoms with Crippen molar-refractivity contribution < 1.29 is 8.42 Å². The summed E-state index contributed by atoms with van der Waals surface area (Å²) in [6, 6.07) is 5.44. The Hall–Kier alpha value is -0.660. The number of nitrogens with one attached hydrogen (secondary N) is 1. The fourth-order valence-electron chi connectivity index (χ4n) is 1.25. The van der Waals surface area contributed by atoms with Gasteiger partial charge in [-0.3, -0.25) is 0 Å². The smallest absolute Gasteiger partial charge is 0.149 e. The van der Waals surface area contributed by atoms with Crippen LogP contribution in [0.5, 0.6) is 0 Å². The number of hydrogen-bond acceptors (Lipinski definition) is 4. The van der Waals surface area contributed by atoms with Gasteiger partial charge < -0.3 is 11.1 Å². The summed E-state index contributed by atoms with van der Waals surface area (Å²) in [6.07, 6.45) is 1.20. The van der Waals surface area contributed by atoms with Crippen molar-refractivity contribution in [2.24, 2.45) is 5.73 Å². The molecule has 1 aromatic rings. The molecule has 0 amide bonds. The average Bonchev–Trinajstić information content (AvgIpc) is 2.18. The van der Waals surface area contributed by atoms with Crippen LogP contribution in [0.25, 0.3) is 0 Å². The molecule has 0 heterocycles. The molecule has 1 aromatic carbocycles. The maximum atomic E-state index is 11.0. The summed E-state index contributed by atoms with van der Waals surface area (Å²) in [7, 11) is -2.97. The minimum absolute atomic E-state index is 0.0693. The Morgan fingerprint density at radius 2 is 2.18 bits per heavy atom. The van der Waals surface area contributed by atoms with E-state index in [0.717, 1.165) is 10.2 Å². The minimum atomic E-state index is -2.97. The molecule has 0 saturated carbocycles. The number of hydrogen-bond donors (Lipinski definition) is 2. The first-order valence-electron chi connectivity index (χ1n) is 4.80. The van der Waals surface area contributed by atoms with Gasteiger partial charge in [-0.15, -0.1) is 0 Å². The van der Waals surface area contributed by atoms with Gasteiger partial charge >= 0.3 is 0 Å². The molecule has 0 radical (unpaired) electrons. The number of anilines is 1. The molecule has 0 aliphatic heterocycles. The van der Waals surface area contributed by atoms with Crippen molar-refractivity contribution in [2.45, 2.75) is 0 Å². The molecule has 0 aliphatic rings. The van der Waals surface area contributed by atoms with Gasteiger partial charge in [0.05, 0.1) is 5.75 Å². The monoisotopic (exact) mass is 336 g/mol. The normalized spacial score (nSPS) is 11.2. The first-order valence-corrected chi connectivity index (χ1v) is 8.07. The lowest BCUT2D eigenvalue weighted by Crippen LogP contribution is -2.17. The lowest BCUT2D eigenvalue weighted by Gasteiger charge is -2.11. The molecule has 0 aromatic heterocycles. The summed E-state index contributed by atoms with van der Waals surface area (Å²) in [5, 5.41) is 3.01. The molecule has 4 nitrogen and oxygen atoms in total. The van der Waals surface area contributed by atoms with E-state index >= 15 is 0 Å². The van der Waals surface area contributed by atoms with Crippen LogP contribution in [0.4, 0.5) is 5.69 Å². The minimum Gasteiger partial charge on any atom is -0.389 e. The summed E-state index contributed by atoms with van der Waals surface area (Å²) in [6.45, 7) is 0.329. The highest BCUT2D eigenvalue weighted by molar-refractivity contribution is 9.10. The van der Waals surface area contributed by atoms with E-state index in [9.17, 15) is 8.42 Å². The van der Waals surface area contributed by atoms with Gasteiger partial charge in [0.1, 0.15) is 14.8 Å². The Bertz CT molecular complexity index is 529. The molecule has 0 atom stereocenters. The number of nitrogens with two attached hydrogens (primary N) is 1. The van der Waals surface area contributed by atoms with Crippen molar-refractivity contribution in [3.8, 4) is 0 Å². The van der Waals surface area contributed by atoms with Gasteiger partial charge in [-0.25, -0.2) is 8.42 Å². The van der Waals surface area contributed by atoms with Crippen LogP contribution in [0.1, 0.15) is 5.56 Å². The number of halogens is 1. The van der Waals surface area contributed by atoms with E-state index in [-0.39, 0.29) is 10.7 Å². The molecule has 0 spiro atoms. The third kappa shape index (κ3) is 5.01. The van der Waals surface area contributed by atoms with Crippen LogP contribution in [0, 0.1) is 0 Å². The highest BCUT2D eigenvalue weighted by atomic mass is 79.9. The summed E-state index contributed by atoms with van der Waals surface area (Å²) in [5.41, 5.74) is 7.03. The van der Waals surface area contributed by atoms with Gasteiger partial charge in [-0.05, 0) is 18.2 Å². The molecule has 7 heteroatoms. The second-order valence-electron chi connectivity index (χ2n) is 3.61. The largest absolute Gasteiger partial charge is 0.389 e. The quantitative estimate of drug-likeness (QED) is 0.798. The zero-order valence-electron chi connectivity index (χ0n) is 9.23. The van der Waals surface area contributed by atoms with E-state index in [1.54, 1.807) is 12.1 Å². The molecule has 0 aliphatic carbocycles. The number of benzene rings is 1. The summed E-state index contributed by atoms with van der Waals surface area (Å²) < 4.78 is 22.9. The van der Waals surface area contributed by atoms with Crippen LogP contribution in [-0.2, 0) is 9.84 Å². The summed E-state index contributed by atoms with van der Waals surface area (Å²) in [5.74, 6) is 0.0693. The fourth-order valence-corrected chi connectivity index (χ4v) is 2.25. The van der Waals surface area contributed by atoms with Crippen LogP contribution < -0.4 is 11.1 Å². The number of thiocarbonyl (C=S) groups is 1. The fraction of sp³-hybridized carbons (Fsp3) is 0.300. The molecule has 0 fully saturated rings. The zero-order chi connectivity index (χ0) is 13.1. The first-order chi connectivity index (χ1) is 7.79. The maximum Gasteiger partial charge on any atom is 0.149 e. The molecule has 17 heavy (non-hydrogen) atoms. The van der Waals surface area contributed by atoms with Gasteiger partial charge in [-0.1, -0.05) is 28.1 Å². The number of sulfone groups is 1. The third-order valence-corrected chi connectivity index (χ3v) is 3.69. The van der Waals surface area contributed by atoms with Gasteiger partial charge in [0, 0.05) is 28.5 Å². The maximum absolute atomic E-state index is 11.0. The summed E-state index contributed by atoms with van der Waals surface area (Å²) >= 11 is 8.26. The van der Waals surface area contributed by atoms with E-state index in [4.69, 9.17) is 18.0 Å². The van der Waals surface area contributed by atoms with E-state index in [0.29, 0.717) is 12.1 Å². The Kier molecular flexibility index (Phi) is 4.91. The highest BCUT2D eigenvalue weighted by Gasteiger charge is 2.07. The van der Waals surface area contributed by atoms with Crippen molar-refractivity contribution in [1.29, 1.82) is 0 Å². The van der Waals surface area contributed by atoms with Crippen molar-refractivity contribution in [2.75, 3.05) is 23.9 Å². The van der Waals surface area contributed by atoms with Crippen LogP contribution in [-0.4, -0.2) is 32.0 Å². The van der Waals surface area contributed by atoms with E-state index in [2.05, 4.69) is 21.2 Å². The van der Waals surface area contributed by atoms with Gasteiger partial charge in [0.15, 0.2) is 0 Å². The Labute approximate surface area is 115 Å². The molecule has 0 saturated heterocycles. The van der Waals surface area contributed by atoms with Gasteiger partial charge in [-0.2, -0.15) is 0 Å². The molecule has 0 bridgehead atoms. The van der Waals surface area contributed by atoms with Crippen LogP contribution >= 0.6 is 28.1 Å². The number of rotatable bonds is 5. The average molecular weight is 337 g/mol. The third-order valence-electron chi connectivity index (χ3n) is 2.04. The zero-order valence-corrected chi connectivity index (χ0v) is 12.5. The highest BCUT2D eigenvalue weighted by Crippen LogP contribution is 2.20. The lowest BCUT2D eigenvalue weighted by molar-refractivity contribution is 0.602.